The molecule has 0 spiro atoms. The molecule has 1 rings (SSSR count). The van der Waals surface area contributed by atoms with E-state index in [4.69, 9.17) is 0 Å². The summed E-state index contributed by atoms with van der Waals surface area (Å²) in [5.74, 6) is 0.869. The first-order valence-electron chi connectivity index (χ1n) is 6.67. The van der Waals surface area contributed by atoms with E-state index in [2.05, 4.69) is 10.6 Å². The van der Waals surface area contributed by atoms with Gasteiger partial charge >= 0.3 is 6.03 Å². The van der Waals surface area contributed by atoms with Crippen LogP contribution in [0.3, 0.4) is 0 Å². The van der Waals surface area contributed by atoms with Crippen LogP contribution in [0.1, 0.15) is 24.5 Å². The van der Waals surface area contributed by atoms with Crippen molar-refractivity contribution in [2.45, 2.75) is 32.8 Å². The van der Waals surface area contributed by atoms with Crippen LogP contribution < -0.4 is 10.6 Å². The number of aryl methyl sites for hydroxylation is 2. The molecule has 1 aromatic carbocycles. The average Bonchev–Trinajstić information content (AvgIpc) is 2.39. The molecule has 0 radical (unpaired) electrons. The van der Waals surface area contributed by atoms with E-state index in [0.717, 1.165) is 17.0 Å². The van der Waals surface area contributed by atoms with Crippen molar-refractivity contribution in [1.29, 1.82) is 0 Å². The molecule has 1 aromatic rings. The van der Waals surface area contributed by atoms with Gasteiger partial charge in [-0.2, -0.15) is 11.8 Å². The van der Waals surface area contributed by atoms with E-state index >= 15 is 0 Å². The van der Waals surface area contributed by atoms with Crippen LogP contribution in [-0.4, -0.2) is 35.3 Å². The van der Waals surface area contributed by atoms with E-state index in [9.17, 15) is 9.90 Å². The number of aliphatic hydroxyl groups is 1. The molecule has 0 aliphatic heterocycles. The maximum absolute atomic E-state index is 11.8. The average molecular weight is 296 g/mol. The molecule has 20 heavy (non-hydrogen) atoms. The minimum absolute atomic E-state index is 0.240. The van der Waals surface area contributed by atoms with Gasteiger partial charge in [0.25, 0.3) is 0 Å². The van der Waals surface area contributed by atoms with E-state index in [1.807, 2.05) is 38.3 Å². The maximum atomic E-state index is 11.8. The fourth-order valence-electron chi connectivity index (χ4n) is 1.68. The van der Waals surface area contributed by atoms with Crippen LogP contribution in [0.25, 0.3) is 0 Å². The molecule has 0 aromatic heterocycles. The summed E-state index contributed by atoms with van der Waals surface area (Å²) in [5.41, 5.74) is 2.21. The van der Waals surface area contributed by atoms with Crippen molar-refractivity contribution in [3.05, 3.63) is 29.3 Å². The second-order valence-corrected chi connectivity index (χ2v) is 6.33. The minimum Gasteiger partial charge on any atom is -0.388 e. The Morgan fingerprint density at radius 3 is 2.65 bits per heavy atom. The molecule has 0 fully saturated rings. The van der Waals surface area contributed by atoms with Crippen molar-refractivity contribution in [3.8, 4) is 0 Å². The zero-order valence-corrected chi connectivity index (χ0v) is 13.4. The fraction of sp³-hybridized carbons (Fsp3) is 0.533. The van der Waals surface area contributed by atoms with E-state index in [1.54, 1.807) is 18.7 Å². The van der Waals surface area contributed by atoms with Crippen molar-refractivity contribution >= 4 is 23.5 Å². The number of hydrogen-bond donors (Lipinski definition) is 3. The quantitative estimate of drug-likeness (QED) is 0.756. The summed E-state index contributed by atoms with van der Waals surface area (Å²) in [5, 5.41) is 15.6. The van der Waals surface area contributed by atoms with Crippen LogP contribution in [0.4, 0.5) is 10.5 Å². The monoisotopic (exact) mass is 296 g/mol. The molecule has 0 aliphatic rings. The molecule has 112 valence electrons. The Hall–Kier alpha value is -1.20. The van der Waals surface area contributed by atoms with Gasteiger partial charge in [-0.15, -0.1) is 0 Å². The number of urea groups is 1. The van der Waals surface area contributed by atoms with Crippen LogP contribution in [0.5, 0.6) is 0 Å². The first-order valence-corrected chi connectivity index (χ1v) is 8.07. The van der Waals surface area contributed by atoms with Gasteiger partial charge in [0.1, 0.15) is 0 Å². The number of anilines is 1. The lowest BCUT2D eigenvalue weighted by atomic mass is 10.0. The first-order chi connectivity index (χ1) is 9.34. The molecule has 0 unspecified atom stereocenters. The summed E-state index contributed by atoms with van der Waals surface area (Å²) in [7, 11) is 0. The molecule has 3 N–H and O–H groups in total. The second kappa shape index (κ2) is 7.55. The summed E-state index contributed by atoms with van der Waals surface area (Å²) < 4.78 is 0. The van der Waals surface area contributed by atoms with Crippen LogP contribution in [0.15, 0.2) is 18.2 Å². The predicted molar refractivity (Wildman–Crippen MR) is 86.6 cm³/mol. The Morgan fingerprint density at radius 1 is 1.35 bits per heavy atom. The van der Waals surface area contributed by atoms with Crippen molar-refractivity contribution in [2.24, 2.45) is 0 Å². The number of amides is 2. The third kappa shape index (κ3) is 5.84. The van der Waals surface area contributed by atoms with Crippen LogP contribution >= 0.6 is 11.8 Å². The van der Waals surface area contributed by atoms with Crippen molar-refractivity contribution in [3.63, 3.8) is 0 Å². The van der Waals surface area contributed by atoms with E-state index < -0.39 is 5.60 Å². The number of benzene rings is 1. The molecule has 0 aliphatic carbocycles. The number of carbonyl (C=O) groups is 1. The van der Waals surface area contributed by atoms with E-state index in [1.165, 1.54) is 5.56 Å². The molecular formula is C15H24N2O2S. The van der Waals surface area contributed by atoms with Gasteiger partial charge in [0.2, 0.25) is 0 Å². The lowest BCUT2D eigenvalue weighted by Crippen LogP contribution is -2.42. The molecule has 0 heterocycles. The summed E-state index contributed by atoms with van der Waals surface area (Å²) >= 11 is 1.68. The smallest absolute Gasteiger partial charge is 0.319 e. The van der Waals surface area contributed by atoms with Gasteiger partial charge in [0.15, 0.2) is 0 Å². The number of hydrogen-bond acceptors (Lipinski definition) is 3. The maximum Gasteiger partial charge on any atom is 0.319 e. The summed E-state index contributed by atoms with van der Waals surface area (Å²) in [6.07, 6.45) is 2.65. The largest absolute Gasteiger partial charge is 0.388 e. The third-order valence-corrected chi connectivity index (χ3v) is 3.85. The second-order valence-electron chi connectivity index (χ2n) is 5.35. The SMILES string of the molecule is CSCC[C@@](C)(O)CNC(=O)Nc1ccc(C)c(C)c1. The molecule has 1 atom stereocenters. The first kappa shape index (κ1) is 16.9. The molecule has 2 amide bonds. The molecule has 5 heteroatoms. The minimum atomic E-state index is -0.871. The highest BCUT2D eigenvalue weighted by Crippen LogP contribution is 2.14. The van der Waals surface area contributed by atoms with Gasteiger partial charge in [-0.3, -0.25) is 0 Å². The standard InChI is InChI=1S/C15H24N2O2S/c1-11-5-6-13(9-12(11)2)17-14(18)16-10-15(3,19)7-8-20-4/h5-6,9,19H,7-8,10H2,1-4H3,(H2,16,17,18)/t15-/m1/s1. The third-order valence-electron chi connectivity index (χ3n) is 3.24. The fourth-order valence-corrected chi connectivity index (χ4v) is 2.32. The number of carbonyl (C=O) groups excluding carboxylic acids is 1. The Balaban J connectivity index is 2.45. The Bertz CT molecular complexity index is 461. The Labute approximate surface area is 125 Å². The van der Waals surface area contributed by atoms with Gasteiger partial charge in [-0.05, 0) is 62.5 Å². The summed E-state index contributed by atoms with van der Waals surface area (Å²) in [4.78, 5) is 11.8. The highest BCUT2D eigenvalue weighted by atomic mass is 32.2. The van der Waals surface area contributed by atoms with Crippen LogP contribution in [-0.2, 0) is 0 Å². The van der Waals surface area contributed by atoms with Gasteiger partial charge in [-0.25, -0.2) is 4.79 Å². The Kier molecular flexibility index (Phi) is 6.36. The lowest BCUT2D eigenvalue weighted by molar-refractivity contribution is 0.0599. The predicted octanol–water partition coefficient (Wildman–Crippen LogP) is 2.93. The van der Waals surface area contributed by atoms with E-state index in [-0.39, 0.29) is 12.6 Å². The zero-order chi connectivity index (χ0) is 15.2. The molecule has 0 bridgehead atoms. The summed E-state index contributed by atoms with van der Waals surface area (Å²) in [6.45, 7) is 6.01. The zero-order valence-electron chi connectivity index (χ0n) is 12.6. The highest BCUT2D eigenvalue weighted by Gasteiger charge is 2.20. The number of nitrogens with one attached hydrogen (secondary N) is 2. The molecular weight excluding hydrogens is 272 g/mol. The highest BCUT2D eigenvalue weighted by molar-refractivity contribution is 7.98. The Morgan fingerprint density at radius 2 is 2.05 bits per heavy atom. The van der Waals surface area contributed by atoms with Crippen LogP contribution in [0.2, 0.25) is 0 Å². The lowest BCUT2D eigenvalue weighted by Gasteiger charge is -2.23. The number of thioether (sulfide) groups is 1. The summed E-state index contributed by atoms with van der Waals surface area (Å²) in [6, 6.07) is 5.48. The molecule has 0 saturated carbocycles. The van der Waals surface area contributed by atoms with Gasteiger partial charge in [-0.1, -0.05) is 6.07 Å². The van der Waals surface area contributed by atoms with Crippen LogP contribution in [0, 0.1) is 13.8 Å². The topological polar surface area (TPSA) is 61.4 Å². The van der Waals surface area contributed by atoms with Gasteiger partial charge < -0.3 is 15.7 Å². The van der Waals surface area contributed by atoms with E-state index in [0.29, 0.717) is 6.42 Å². The van der Waals surface area contributed by atoms with Crippen molar-refractivity contribution in [1.82, 2.24) is 5.32 Å². The van der Waals surface area contributed by atoms with Crippen molar-refractivity contribution in [2.75, 3.05) is 23.9 Å². The van der Waals surface area contributed by atoms with Gasteiger partial charge in [0, 0.05) is 12.2 Å². The van der Waals surface area contributed by atoms with Crippen molar-refractivity contribution < 1.29 is 9.90 Å². The normalized spacial score (nSPS) is 13.7. The number of rotatable bonds is 6. The van der Waals surface area contributed by atoms with Gasteiger partial charge in [0.05, 0.1) is 5.60 Å². The molecule has 0 saturated heterocycles. The molecule has 4 nitrogen and oxygen atoms in total.